The number of nitriles is 1. The lowest BCUT2D eigenvalue weighted by molar-refractivity contribution is -0.139. The summed E-state index contributed by atoms with van der Waals surface area (Å²) in [5, 5.41) is 10.3. The topological polar surface area (TPSA) is 79.2 Å². The predicted molar refractivity (Wildman–Crippen MR) is 60.9 cm³/mol. The molecule has 0 radical (unpaired) electrons. The van der Waals surface area contributed by atoms with Crippen LogP contribution in [-0.4, -0.2) is 25.3 Å². The van der Waals surface area contributed by atoms with Gasteiger partial charge < -0.3 is 10.1 Å². The van der Waals surface area contributed by atoms with E-state index in [-0.39, 0.29) is 18.4 Å². The number of nitrogens with one attached hydrogen (secondary N) is 1. The summed E-state index contributed by atoms with van der Waals surface area (Å²) >= 11 is 0. The molecule has 5 nitrogen and oxygen atoms in total. The molecule has 0 fully saturated rings. The summed E-state index contributed by atoms with van der Waals surface area (Å²) in [6.45, 7) is -0.927. The Hall–Kier alpha value is -2.56. The Balaban J connectivity index is 2.87. The van der Waals surface area contributed by atoms with Crippen molar-refractivity contribution in [2.75, 3.05) is 13.2 Å². The molecule has 0 atom stereocenters. The van der Waals surface area contributed by atoms with Crippen molar-refractivity contribution in [3.8, 4) is 11.8 Å². The predicted octanol–water partition coefficient (Wildman–Crippen LogP) is 1.54. The molecule has 1 aromatic carbocycles. The first kappa shape index (κ1) is 15.5. The number of benzene rings is 1. The Bertz CT molecular complexity index is 550. The first-order valence-electron chi connectivity index (χ1n) is 5.31. The summed E-state index contributed by atoms with van der Waals surface area (Å²) in [6, 6.07) is 4.38. The highest BCUT2D eigenvalue weighted by molar-refractivity contribution is 5.78. The van der Waals surface area contributed by atoms with Crippen molar-refractivity contribution >= 4 is 12.2 Å². The number of amides is 1. The molecule has 0 unspecified atom stereocenters. The molecule has 20 heavy (non-hydrogen) atoms. The van der Waals surface area contributed by atoms with Crippen LogP contribution in [0.3, 0.4) is 0 Å². The van der Waals surface area contributed by atoms with Crippen molar-refractivity contribution in [1.82, 2.24) is 5.32 Å². The normalized spacial score (nSPS) is 10.5. The second-order valence-electron chi connectivity index (χ2n) is 3.59. The van der Waals surface area contributed by atoms with Gasteiger partial charge in [-0.2, -0.15) is 18.4 Å². The average molecular weight is 286 g/mol. The number of aldehydes is 1. The van der Waals surface area contributed by atoms with Crippen LogP contribution in [0.1, 0.15) is 15.9 Å². The van der Waals surface area contributed by atoms with E-state index in [4.69, 9.17) is 10.00 Å². The molecule has 0 aromatic heterocycles. The number of carbonyl (C=O) groups excluding carboxylic acids is 2. The number of ether oxygens (including phenoxy) is 1. The van der Waals surface area contributed by atoms with E-state index in [1.54, 1.807) is 6.07 Å². The van der Waals surface area contributed by atoms with Crippen LogP contribution in [0.15, 0.2) is 18.2 Å². The Morgan fingerprint density at radius 1 is 1.45 bits per heavy atom. The van der Waals surface area contributed by atoms with Crippen LogP contribution in [0.5, 0.6) is 5.75 Å². The molecule has 0 bridgehead atoms. The van der Waals surface area contributed by atoms with Crippen molar-refractivity contribution in [3.05, 3.63) is 29.3 Å². The first-order valence-corrected chi connectivity index (χ1v) is 5.31. The van der Waals surface area contributed by atoms with Gasteiger partial charge in [0.15, 0.2) is 6.61 Å². The van der Waals surface area contributed by atoms with Gasteiger partial charge in [0.2, 0.25) is 0 Å². The summed E-state index contributed by atoms with van der Waals surface area (Å²) < 4.78 is 43.0. The summed E-state index contributed by atoms with van der Waals surface area (Å²) in [5.41, 5.74) is -1.30. The van der Waals surface area contributed by atoms with E-state index in [9.17, 15) is 22.8 Å². The lowest BCUT2D eigenvalue weighted by Crippen LogP contribution is -2.29. The largest absolute Gasteiger partial charge is 0.483 e. The van der Waals surface area contributed by atoms with Crippen LogP contribution in [0.25, 0.3) is 0 Å². The second-order valence-corrected chi connectivity index (χ2v) is 3.59. The van der Waals surface area contributed by atoms with E-state index in [0.717, 1.165) is 12.1 Å². The van der Waals surface area contributed by atoms with E-state index in [1.165, 1.54) is 0 Å². The minimum atomic E-state index is -4.71. The fourth-order valence-corrected chi connectivity index (χ4v) is 1.30. The van der Waals surface area contributed by atoms with Gasteiger partial charge >= 0.3 is 6.18 Å². The van der Waals surface area contributed by atoms with Gasteiger partial charge in [-0.25, -0.2) is 0 Å². The molecule has 1 rings (SSSR count). The van der Waals surface area contributed by atoms with Crippen LogP contribution >= 0.6 is 0 Å². The zero-order chi connectivity index (χ0) is 15.2. The molecule has 0 saturated heterocycles. The maximum absolute atomic E-state index is 12.8. The molecule has 0 saturated carbocycles. The minimum absolute atomic E-state index is 0.154. The van der Waals surface area contributed by atoms with Gasteiger partial charge in [0.25, 0.3) is 5.91 Å². The lowest BCUT2D eigenvalue weighted by Gasteiger charge is -2.14. The SMILES string of the molecule is N#CCNC(=O)COc1ccc(C=O)cc1C(F)(F)F. The van der Waals surface area contributed by atoms with Crippen LogP contribution in [-0.2, 0) is 11.0 Å². The Morgan fingerprint density at radius 3 is 2.70 bits per heavy atom. The Labute approximate surface area is 111 Å². The van der Waals surface area contributed by atoms with Crippen molar-refractivity contribution in [2.24, 2.45) is 0 Å². The highest BCUT2D eigenvalue weighted by Gasteiger charge is 2.34. The number of hydrogen-bond acceptors (Lipinski definition) is 4. The molecule has 0 aliphatic rings. The molecule has 0 spiro atoms. The third-order valence-electron chi connectivity index (χ3n) is 2.17. The van der Waals surface area contributed by atoms with Gasteiger partial charge in [-0.3, -0.25) is 9.59 Å². The van der Waals surface area contributed by atoms with Gasteiger partial charge in [-0.15, -0.1) is 0 Å². The quantitative estimate of drug-likeness (QED) is 0.657. The van der Waals surface area contributed by atoms with E-state index < -0.39 is 30.0 Å². The molecule has 0 aliphatic heterocycles. The third kappa shape index (κ3) is 4.28. The standard InChI is InChI=1S/C12H9F3N2O3/c13-12(14,15)9-5-8(6-18)1-2-10(9)20-7-11(19)17-4-3-16/h1-2,5-6H,4,7H2,(H,17,19). The van der Waals surface area contributed by atoms with E-state index in [0.29, 0.717) is 6.07 Å². The maximum Gasteiger partial charge on any atom is 0.419 e. The van der Waals surface area contributed by atoms with E-state index in [1.807, 2.05) is 0 Å². The highest BCUT2D eigenvalue weighted by Crippen LogP contribution is 2.36. The van der Waals surface area contributed by atoms with Gasteiger partial charge in [0, 0.05) is 5.56 Å². The molecule has 1 amide bonds. The van der Waals surface area contributed by atoms with E-state index in [2.05, 4.69) is 5.32 Å². The summed E-state index contributed by atoms with van der Waals surface area (Å²) in [7, 11) is 0. The fourth-order valence-electron chi connectivity index (χ4n) is 1.30. The summed E-state index contributed by atoms with van der Waals surface area (Å²) in [5.74, 6) is -1.28. The first-order chi connectivity index (χ1) is 9.38. The Kier molecular flexibility index (Phi) is 5.08. The smallest absolute Gasteiger partial charge is 0.419 e. The van der Waals surface area contributed by atoms with Crippen LogP contribution < -0.4 is 10.1 Å². The van der Waals surface area contributed by atoms with Crippen molar-refractivity contribution in [3.63, 3.8) is 0 Å². The zero-order valence-electron chi connectivity index (χ0n) is 10.0. The molecule has 8 heteroatoms. The van der Waals surface area contributed by atoms with Crippen LogP contribution in [0.2, 0.25) is 0 Å². The number of carbonyl (C=O) groups is 2. The molecule has 0 aliphatic carbocycles. The average Bonchev–Trinajstić information content (AvgIpc) is 2.41. The van der Waals surface area contributed by atoms with Crippen molar-refractivity contribution in [2.45, 2.75) is 6.18 Å². The highest BCUT2D eigenvalue weighted by atomic mass is 19.4. The number of rotatable bonds is 5. The van der Waals surface area contributed by atoms with Crippen molar-refractivity contribution in [1.29, 1.82) is 5.26 Å². The molecule has 106 valence electrons. The van der Waals surface area contributed by atoms with Gasteiger partial charge in [0.05, 0.1) is 11.6 Å². The van der Waals surface area contributed by atoms with Gasteiger partial charge in [0.1, 0.15) is 18.6 Å². The van der Waals surface area contributed by atoms with Crippen molar-refractivity contribution < 1.29 is 27.5 Å². The second kappa shape index (κ2) is 6.56. The van der Waals surface area contributed by atoms with Gasteiger partial charge in [-0.1, -0.05) is 0 Å². The molecule has 1 aromatic rings. The van der Waals surface area contributed by atoms with Crippen LogP contribution in [0, 0.1) is 11.3 Å². The lowest BCUT2D eigenvalue weighted by atomic mass is 10.1. The number of alkyl halides is 3. The summed E-state index contributed by atoms with van der Waals surface area (Å²) in [6.07, 6.45) is -4.43. The van der Waals surface area contributed by atoms with Crippen LogP contribution in [0.4, 0.5) is 13.2 Å². The molecule has 1 N–H and O–H groups in total. The summed E-state index contributed by atoms with van der Waals surface area (Å²) in [4.78, 5) is 21.6. The molecular formula is C12H9F3N2O3. The number of hydrogen-bond donors (Lipinski definition) is 1. The zero-order valence-corrected chi connectivity index (χ0v) is 10.0. The monoisotopic (exact) mass is 286 g/mol. The molecular weight excluding hydrogens is 277 g/mol. The van der Waals surface area contributed by atoms with Gasteiger partial charge in [-0.05, 0) is 18.2 Å². The van der Waals surface area contributed by atoms with E-state index >= 15 is 0 Å². The molecule has 0 heterocycles. The number of nitrogens with zero attached hydrogens (tertiary/aromatic N) is 1. The minimum Gasteiger partial charge on any atom is -0.483 e. The number of halogens is 3. The third-order valence-corrected chi connectivity index (χ3v) is 2.17. The maximum atomic E-state index is 12.8. The fraction of sp³-hybridized carbons (Fsp3) is 0.250. The Morgan fingerprint density at radius 2 is 2.15 bits per heavy atom.